The van der Waals surface area contributed by atoms with Crippen molar-refractivity contribution in [2.24, 2.45) is 11.8 Å². The second kappa shape index (κ2) is 7.46. The van der Waals surface area contributed by atoms with Crippen molar-refractivity contribution in [3.05, 3.63) is 76.1 Å². The third kappa shape index (κ3) is 3.37. The van der Waals surface area contributed by atoms with Crippen molar-refractivity contribution in [1.29, 1.82) is 0 Å². The fourth-order valence-electron chi connectivity index (χ4n) is 3.85. The molecule has 2 unspecified atom stereocenters. The maximum atomic E-state index is 13.8. The summed E-state index contributed by atoms with van der Waals surface area (Å²) in [5.41, 5.74) is 0.442. The highest BCUT2D eigenvalue weighted by molar-refractivity contribution is 6.22. The lowest BCUT2D eigenvalue weighted by atomic mass is 9.85. The number of benzene rings is 2. The van der Waals surface area contributed by atoms with Crippen LogP contribution in [0, 0.1) is 27.8 Å². The number of nitrogens with zero attached hydrogens (tertiary/aromatic N) is 2. The topological polar surface area (TPSA) is 92.6 Å². The quantitative estimate of drug-likeness (QED) is 0.360. The third-order valence-electron chi connectivity index (χ3n) is 5.37. The predicted octanol–water partition coefficient (Wildman–Crippen LogP) is 3.80. The van der Waals surface area contributed by atoms with Crippen molar-refractivity contribution in [3.63, 3.8) is 0 Å². The smallest absolute Gasteiger partial charge is 0.294 e. The Balaban J connectivity index is 1.61. The lowest BCUT2D eigenvalue weighted by Crippen LogP contribution is -2.30. The second-order valence-electron chi connectivity index (χ2n) is 7.07. The van der Waals surface area contributed by atoms with E-state index in [1.165, 1.54) is 24.3 Å². The molecule has 0 radical (unpaired) electrons. The van der Waals surface area contributed by atoms with E-state index in [0.29, 0.717) is 18.4 Å². The molecular weight excluding hydrogens is 377 g/mol. The molecule has 148 valence electrons. The number of halogens is 1. The first kappa shape index (κ1) is 18.8. The largest absolute Gasteiger partial charge is 0.375 e. The Morgan fingerprint density at radius 2 is 1.72 bits per heavy atom. The molecule has 0 bridgehead atoms. The predicted molar refractivity (Wildman–Crippen MR) is 105 cm³/mol. The van der Waals surface area contributed by atoms with Gasteiger partial charge in [0.2, 0.25) is 11.8 Å². The molecule has 4 rings (SSSR count). The molecule has 1 heterocycles. The van der Waals surface area contributed by atoms with E-state index in [1.54, 1.807) is 18.2 Å². The molecule has 1 fully saturated rings. The first-order valence-electron chi connectivity index (χ1n) is 9.26. The van der Waals surface area contributed by atoms with Gasteiger partial charge in [-0.3, -0.25) is 19.7 Å². The lowest BCUT2D eigenvalue weighted by Gasteiger charge is -2.16. The van der Waals surface area contributed by atoms with Gasteiger partial charge in [-0.1, -0.05) is 30.4 Å². The first-order chi connectivity index (χ1) is 14.0. The molecule has 2 atom stereocenters. The molecule has 1 aliphatic heterocycles. The normalized spacial score (nSPS) is 20.7. The van der Waals surface area contributed by atoms with Crippen molar-refractivity contribution in [2.45, 2.75) is 19.4 Å². The van der Waals surface area contributed by atoms with Crippen molar-refractivity contribution in [2.75, 3.05) is 10.2 Å². The van der Waals surface area contributed by atoms with Crippen LogP contribution in [0.3, 0.4) is 0 Å². The Kier molecular flexibility index (Phi) is 4.84. The average molecular weight is 395 g/mol. The number of anilines is 2. The van der Waals surface area contributed by atoms with Crippen molar-refractivity contribution in [3.8, 4) is 0 Å². The molecule has 2 aromatic carbocycles. The molecule has 29 heavy (non-hydrogen) atoms. The molecule has 1 N–H and O–H groups in total. The summed E-state index contributed by atoms with van der Waals surface area (Å²) in [4.78, 5) is 37.5. The van der Waals surface area contributed by atoms with Gasteiger partial charge < -0.3 is 5.32 Å². The van der Waals surface area contributed by atoms with E-state index in [2.05, 4.69) is 5.32 Å². The number of hydrogen-bond acceptors (Lipinski definition) is 5. The van der Waals surface area contributed by atoms with Gasteiger partial charge >= 0.3 is 0 Å². The monoisotopic (exact) mass is 395 g/mol. The fourth-order valence-corrected chi connectivity index (χ4v) is 3.85. The Morgan fingerprint density at radius 3 is 2.34 bits per heavy atom. The highest BCUT2D eigenvalue weighted by Gasteiger charge is 2.48. The number of nitrogens with one attached hydrogen (secondary N) is 1. The van der Waals surface area contributed by atoms with Gasteiger partial charge in [-0.05, 0) is 31.0 Å². The van der Waals surface area contributed by atoms with Crippen LogP contribution in [0.2, 0.25) is 0 Å². The van der Waals surface area contributed by atoms with Crippen LogP contribution in [0.15, 0.2) is 54.6 Å². The van der Waals surface area contributed by atoms with Crippen LogP contribution in [0.1, 0.15) is 18.4 Å². The SMILES string of the molecule is O=C1C2CC=CCC2C(=O)N1c1ccc(NCc2ccccc2F)c([N+](=O)[O-])c1. The summed E-state index contributed by atoms with van der Waals surface area (Å²) in [5, 5.41) is 14.4. The minimum absolute atomic E-state index is 0.0598. The van der Waals surface area contributed by atoms with Gasteiger partial charge in [0.1, 0.15) is 11.5 Å². The molecule has 2 aliphatic rings. The summed E-state index contributed by atoms with van der Waals surface area (Å²) >= 11 is 0. The minimum atomic E-state index is -0.590. The molecular formula is C21H18FN3O4. The van der Waals surface area contributed by atoms with Gasteiger partial charge in [0, 0.05) is 18.2 Å². The standard InChI is InChI=1S/C21H18FN3O4/c22-17-8-4-1-5-13(17)12-23-18-10-9-14(11-19(18)25(28)29)24-20(26)15-6-2-3-7-16(15)21(24)27/h1-5,8-11,15-16,23H,6-7,12H2. The van der Waals surface area contributed by atoms with Gasteiger partial charge in [0.15, 0.2) is 0 Å². The molecule has 2 amide bonds. The zero-order chi connectivity index (χ0) is 20.5. The maximum absolute atomic E-state index is 13.8. The van der Waals surface area contributed by atoms with Crippen LogP contribution < -0.4 is 10.2 Å². The fraction of sp³-hybridized carbons (Fsp3) is 0.238. The molecule has 0 saturated carbocycles. The Morgan fingerprint density at radius 1 is 1.07 bits per heavy atom. The highest BCUT2D eigenvalue weighted by atomic mass is 19.1. The number of carbonyl (C=O) groups is 2. The second-order valence-corrected chi connectivity index (χ2v) is 7.07. The van der Waals surface area contributed by atoms with Crippen LogP contribution in [-0.2, 0) is 16.1 Å². The summed E-state index contributed by atoms with van der Waals surface area (Å²) in [7, 11) is 0. The van der Waals surface area contributed by atoms with Crippen LogP contribution >= 0.6 is 0 Å². The average Bonchev–Trinajstić information content (AvgIpc) is 2.98. The molecule has 8 heteroatoms. The van der Waals surface area contributed by atoms with E-state index in [9.17, 15) is 24.1 Å². The van der Waals surface area contributed by atoms with E-state index in [4.69, 9.17) is 0 Å². The van der Waals surface area contributed by atoms with E-state index in [0.717, 1.165) is 4.90 Å². The molecule has 2 aromatic rings. The number of allylic oxidation sites excluding steroid dienone is 2. The van der Waals surface area contributed by atoms with Gasteiger partial charge in [0.25, 0.3) is 5.69 Å². The van der Waals surface area contributed by atoms with Crippen molar-refractivity contribution >= 4 is 28.9 Å². The maximum Gasteiger partial charge on any atom is 0.294 e. The summed E-state index contributed by atoms with van der Waals surface area (Å²) in [5.74, 6) is -1.89. The summed E-state index contributed by atoms with van der Waals surface area (Å²) in [6, 6.07) is 10.3. The van der Waals surface area contributed by atoms with Crippen LogP contribution in [-0.4, -0.2) is 16.7 Å². The molecule has 7 nitrogen and oxygen atoms in total. The number of nitro groups is 1. The molecule has 0 aromatic heterocycles. The zero-order valence-corrected chi connectivity index (χ0v) is 15.4. The van der Waals surface area contributed by atoms with E-state index < -0.39 is 22.6 Å². The van der Waals surface area contributed by atoms with Gasteiger partial charge in [0.05, 0.1) is 22.4 Å². The summed E-state index contributed by atoms with van der Waals surface area (Å²) < 4.78 is 13.8. The minimum Gasteiger partial charge on any atom is -0.375 e. The van der Waals surface area contributed by atoms with Gasteiger partial charge in [-0.25, -0.2) is 9.29 Å². The Hall–Kier alpha value is -3.55. The first-order valence-corrected chi connectivity index (χ1v) is 9.26. The van der Waals surface area contributed by atoms with Crippen molar-refractivity contribution in [1.82, 2.24) is 0 Å². The lowest BCUT2D eigenvalue weighted by molar-refractivity contribution is -0.383. The number of hydrogen-bond donors (Lipinski definition) is 1. The van der Waals surface area contributed by atoms with Crippen molar-refractivity contribution < 1.29 is 18.9 Å². The Labute approximate surface area is 166 Å². The number of amides is 2. The van der Waals surface area contributed by atoms with Crippen LogP contribution in [0.25, 0.3) is 0 Å². The van der Waals surface area contributed by atoms with Crippen LogP contribution in [0.4, 0.5) is 21.5 Å². The molecule has 1 aliphatic carbocycles. The van der Waals surface area contributed by atoms with Gasteiger partial charge in [-0.2, -0.15) is 0 Å². The number of fused-ring (bicyclic) bond motifs is 1. The number of carbonyl (C=O) groups excluding carboxylic acids is 2. The number of rotatable bonds is 5. The number of nitro benzene ring substituents is 1. The summed E-state index contributed by atoms with van der Waals surface area (Å²) in [6.45, 7) is 0.0598. The zero-order valence-electron chi connectivity index (χ0n) is 15.4. The molecule has 1 saturated heterocycles. The number of imide groups is 1. The van der Waals surface area contributed by atoms with E-state index >= 15 is 0 Å². The van der Waals surface area contributed by atoms with E-state index in [-0.39, 0.29) is 35.4 Å². The highest BCUT2D eigenvalue weighted by Crippen LogP contribution is 2.39. The third-order valence-corrected chi connectivity index (χ3v) is 5.37. The summed E-state index contributed by atoms with van der Waals surface area (Å²) in [6.07, 6.45) is 4.76. The van der Waals surface area contributed by atoms with Gasteiger partial charge in [-0.15, -0.1) is 0 Å². The van der Waals surface area contributed by atoms with Crippen LogP contribution in [0.5, 0.6) is 0 Å². The Bertz CT molecular complexity index is 1010. The molecule has 0 spiro atoms. The van der Waals surface area contributed by atoms with E-state index in [1.807, 2.05) is 12.2 Å².